The van der Waals surface area contributed by atoms with Crippen LogP contribution in [0.5, 0.6) is 0 Å². The van der Waals surface area contributed by atoms with Crippen molar-refractivity contribution in [2.75, 3.05) is 13.6 Å². The van der Waals surface area contributed by atoms with Gasteiger partial charge in [0.25, 0.3) is 0 Å². The topological polar surface area (TPSA) is 29.0 Å². The van der Waals surface area contributed by atoms with Gasteiger partial charge in [0.15, 0.2) is 0 Å². The summed E-state index contributed by atoms with van der Waals surface area (Å²) in [4.78, 5) is 12.5. The number of hydrogen-bond acceptors (Lipinski definition) is 4. The van der Waals surface area contributed by atoms with Crippen LogP contribution in [0.15, 0.2) is 24.5 Å². The maximum atomic E-state index is 4.63. The summed E-state index contributed by atoms with van der Waals surface area (Å²) in [5.41, 5.74) is 2.53. The van der Waals surface area contributed by atoms with Crippen LogP contribution in [0.3, 0.4) is 0 Å². The van der Waals surface area contributed by atoms with E-state index >= 15 is 0 Å². The SMILES string of the molecule is CCc1nc(C)c(C(C)N(C)CCc2ccncc2)s1. The highest BCUT2D eigenvalue weighted by Crippen LogP contribution is 2.28. The molecule has 108 valence electrons. The summed E-state index contributed by atoms with van der Waals surface area (Å²) < 4.78 is 0. The first-order valence-electron chi connectivity index (χ1n) is 7.17. The van der Waals surface area contributed by atoms with Crippen molar-refractivity contribution in [2.24, 2.45) is 0 Å². The Kier molecular flexibility index (Phi) is 5.26. The highest BCUT2D eigenvalue weighted by molar-refractivity contribution is 7.11. The van der Waals surface area contributed by atoms with Crippen molar-refractivity contribution in [3.05, 3.63) is 45.7 Å². The van der Waals surface area contributed by atoms with Crippen LogP contribution in [-0.2, 0) is 12.8 Å². The third kappa shape index (κ3) is 3.64. The molecule has 0 spiro atoms. The van der Waals surface area contributed by atoms with Crippen LogP contribution >= 0.6 is 11.3 Å². The molecule has 2 aromatic rings. The first-order chi connectivity index (χ1) is 9.61. The van der Waals surface area contributed by atoms with Gasteiger partial charge in [-0.05, 0) is 51.4 Å². The molecular weight excluding hydrogens is 266 g/mol. The lowest BCUT2D eigenvalue weighted by atomic mass is 10.1. The van der Waals surface area contributed by atoms with Crippen molar-refractivity contribution in [1.82, 2.24) is 14.9 Å². The molecule has 2 aromatic heterocycles. The lowest BCUT2D eigenvalue weighted by molar-refractivity contribution is 0.267. The van der Waals surface area contributed by atoms with Crippen molar-refractivity contribution >= 4 is 11.3 Å². The fourth-order valence-electron chi connectivity index (χ4n) is 2.25. The summed E-state index contributed by atoms with van der Waals surface area (Å²) in [5, 5.41) is 1.24. The van der Waals surface area contributed by atoms with Crippen LogP contribution in [0, 0.1) is 6.92 Å². The van der Waals surface area contributed by atoms with Crippen LogP contribution in [0.2, 0.25) is 0 Å². The molecule has 1 unspecified atom stereocenters. The number of pyridine rings is 1. The maximum Gasteiger partial charge on any atom is 0.0928 e. The Hall–Kier alpha value is -1.26. The Morgan fingerprint density at radius 2 is 2.00 bits per heavy atom. The molecule has 0 saturated heterocycles. The molecule has 0 radical (unpaired) electrons. The lowest BCUT2D eigenvalue weighted by Crippen LogP contribution is -2.24. The van der Waals surface area contributed by atoms with Crippen molar-refractivity contribution in [3.63, 3.8) is 0 Å². The summed E-state index contributed by atoms with van der Waals surface area (Å²) in [5.74, 6) is 0. The van der Waals surface area contributed by atoms with E-state index in [1.807, 2.05) is 23.7 Å². The summed E-state index contributed by atoms with van der Waals surface area (Å²) in [6.07, 6.45) is 5.81. The van der Waals surface area contributed by atoms with Crippen molar-refractivity contribution in [2.45, 2.75) is 39.7 Å². The van der Waals surface area contributed by atoms with Gasteiger partial charge < -0.3 is 0 Å². The van der Waals surface area contributed by atoms with Gasteiger partial charge in [-0.3, -0.25) is 9.88 Å². The second-order valence-electron chi connectivity index (χ2n) is 5.17. The number of aromatic nitrogens is 2. The minimum atomic E-state index is 0.426. The largest absolute Gasteiger partial charge is 0.298 e. The van der Waals surface area contributed by atoms with E-state index in [1.165, 1.54) is 21.1 Å². The van der Waals surface area contributed by atoms with Gasteiger partial charge in [-0.2, -0.15) is 0 Å². The van der Waals surface area contributed by atoms with Crippen molar-refractivity contribution in [3.8, 4) is 0 Å². The van der Waals surface area contributed by atoms with Gasteiger partial charge in [0.1, 0.15) is 0 Å². The first kappa shape index (κ1) is 15.1. The molecule has 0 aromatic carbocycles. The zero-order valence-electron chi connectivity index (χ0n) is 12.8. The highest BCUT2D eigenvalue weighted by atomic mass is 32.1. The number of rotatable bonds is 6. The molecule has 0 aliphatic heterocycles. The molecule has 20 heavy (non-hydrogen) atoms. The van der Waals surface area contributed by atoms with E-state index in [0.29, 0.717) is 6.04 Å². The third-order valence-corrected chi connectivity index (χ3v) is 5.19. The van der Waals surface area contributed by atoms with Crippen LogP contribution in [0.25, 0.3) is 0 Å². The summed E-state index contributed by atoms with van der Waals surface area (Å²) in [6.45, 7) is 7.61. The van der Waals surface area contributed by atoms with Gasteiger partial charge in [0, 0.05) is 29.9 Å². The molecule has 2 heterocycles. The van der Waals surface area contributed by atoms with Gasteiger partial charge in [-0.25, -0.2) is 4.98 Å². The van der Waals surface area contributed by atoms with Gasteiger partial charge in [-0.15, -0.1) is 11.3 Å². The Bertz CT molecular complexity index is 536. The standard InChI is InChI=1S/C16H23N3S/c1-5-15-18-12(2)16(20-15)13(3)19(4)11-8-14-6-9-17-10-7-14/h6-7,9-10,13H,5,8,11H2,1-4H3. The fourth-order valence-corrected chi connectivity index (χ4v) is 3.38. The first-order valence-corrected chi connectivity index (χ1v) is 7.98. The van der Waals surface area contributed by atoms with Gasteiger partial charge >= 0.3 is 0 Å². The number of aryl methyl sites for hydroxylation is 2. The monoisotopic (exact) mass is 289 g/mol. The van der Waals surface area contributed by atoms with E-state index in [2.05, 4.69) is 54.8 Å². The number of hydrogen-bond donors (Lipinski definition) is 0. The van der Waals surface area contributed by atoms with Gasteiger partial charge in [0.05, 0.1) is 10.7 Å². The second-order valence-corrected chi connectivity index (χ2v) is 6.29. The average molecular weight is 289 g/mol. The van der Waals surface area contributed by atoms with Crippen LogP contribution < -0.4 is 0 Å². The fraction of sp³-hybridized carbons (Fsp3) is 0.500. The molecule has 0 bridgehead atoms. The minimum Gasteiger partial charge on any atom is -0.298 e. The Morgan fingerprint density at radius 3 is 2.60 bits per heavy atom. The average Bonchev–Trinajstić information content (AvgIpc) is 2.86. The van der Waals surface area contributed by atoms with Gasteiger partial charge in [-0.1, -0.05) is 6.92 Å². The smallest absolute Gasteiger partial charge is 0.0928 e. The highest BCUT2D eigenvalue weighted by Gasteiger charge is 2.17. The zero-order valence-corrected chi connectivity index (χ0v) is 13.6. The molecule has 0 aliphatic rings. The molecule has 4 heteroatoms. The van der Waals surface area contributed by atoms with E-state index in [9.17, 15) is 0 Å². The number of likely N-dealkylation sites (N-methyl/N-ethyl adjacent to an activating group) is 1. The molecule has 0 fully saturated rings. The number of thiazole rings is 1. The maximum absolute atomic E-state index is 4.63. The lowest BCUT2D eigenvalue weighted by Gasteiger charge is -2.24. The summed E-state index contributed by atoms with van der Waals surface area (Å²) in [7, 11) is 2.19. The quantitative estimate of drug-likeness (QED) is 0.813. The van der Waals surface area contributed by atoms with Gasteiger partial charge in [0.2, 0.25) is 0 Å². The van der Waals surface area contributed by atoms with Crippen LogP contribution in [0.4, 0.5) is 0 Å². The van der Waals surface area contributed by atoms with Crippen LogP contribution in [-0.4, -0.2) is 28.5 Å². The molecule has 1 atom stereocenters. The third-order valence-electron chi connectivity index (χ3n) is 3.72. The Balaban J connectivity index is 1.97. The van der Waals surface area contributed by atoms with E-state index in [4.69, 9.17) is 0 Å². The molecule has 3 nitrogen and oxygen atoms in total. The minimum absolute atomic E-state index is 0.426. The second kappa shape index (κ2) is 6.95. The molecule has 0 aliphatic carbocycles. The Morgan fingerprint density at radius 1 is 1.30 bits per heavy atom. The van der Waals surface area contributed by atoms with E-state index in [1.54, 1.807) is 0 Å². The van der Waals surface area contributed by atoms with Crippen molar-refractivity contribution in [1.29, 1.82) is 0 Å². The van der Waals surface area contributed by atoms with E-state index in [-0.39, 0.29) is 0 Å². The molecule has 0 saturated carbocycles. The zero-order chi connectivity index (χ0) is 14.5. The number of nitrogens with zero attached hydrogens (tertiary/aromatic N) is 3. The van der Waals surface area contributed by atoms with Crippen LogP contribution in [0.1, 0.15) is 41.0 Å². The molecule has 2 rings (SSSR count). The molecule has 0 amide bonds. The summed E-state index contributed by atoms with van der Waals surface area (Å²) in [6, 6.07) is 4.60. The summed E-state index contributed by atoms with van der Waals surface area (Å²) >= 11 is 1.85. The van der Waals surface area contributed by atoms with E-state index in [0.717, 1.165) is 19.4 Å². The van der Waals surface area contributed by atoms with Crippen molar-refractivity contribution < 1.29 is 0 Å². The normalized spacial score (nSPS) is 12.8. The molecular formula is C16H23N3S. The predicted molar refractivity (Wildman–Crippen MR) is 85.2 cm³/mol. The predicted octanol–water partition coefficient (Wildman–Crippen LogP) is 3.64. The molecule has 0 N–H and O–H groups in total. The Labute approximate surface area is 125 Å². The van der Waals surface area contributed by atoms with E-state index < -0.39 is 0 Å².